The van der Waals surface area contributed by atoms with Crippen LogP contribution in [0.15, 0.2) is 42.7 Å². The van der Waals surface area contributed by atoms with Gasteiger partial charge in [0.2, 0.25) is 0 Å². The largest absolute Gasteiger partial charge is 0.468 e. The zero-order valence-electron chi connectivity index (χ0n) is 24.9. The number of benzene rings is 1. The number of hydrogen-bond donors (Lipinski definition) is 3. The molecule has 0 saturated carbocycles. The summed E-state index contributed by atoms with van der Waals surface area (Å²) in [7, 11) is -2.90. The molecule has 2 aromatic heterocycles. The minimum absolute atomic E-state index is 0.104. The van der Waals surface area contributed by atoms with Crippen molar-refractivity contribution in [3.8, 4) is 5.75 Å². The quantitative estimate of drug-likeness (QED) is 0.187. The second-order valence-electron chi connectivity index (χ2n) is 11.0. The van der Waals surface area contributed by atoms with Crippen LogP contribution < -0.4 is 21.1 Å². The molecule has 5 atom stereocenters. The number of nitrogens with one attached hydrogen (secondary N) is 1. The fourth-order valence-electron chi connectivity index (χ4n) is 4.69. The summed E-state index contributed by atoms with van der Waals surface area (Å²) in [5, 5.41) is 6.94. The molecule has 0 radical (unpaired) electrons. The van der Waals surface area contributed by atoms with Gasteiger partial charge >= 0.3 is 19.7 Å². The van der Waals surface area contributed by atoms with Crippen LogP contribution in [0.4, 0.5) is 5.82 Å². The number of carbonyl (C=O) groups excluding carboxylic acids is 2. The molecule has 1 aromatic carbocycles. The molecule has 1 aliphatic heterocycles. The van der Waals surface area contributed by atoms with Crippen molar-refractivity contribution in [3.05, 3.63) is 54.0 Å². The highest BCUT2D eigenvalue weighted by atomic mass is 31.2. The van der Waals surface area contributed by atoms with Crippen molar-refractivity contribution in [1.82, 2.24) is 19.7 Å². The lowest BCUT2D eigenvalue weighted by Crippen LogP contribution is -2.37. The number of ether oxygens (including phenoxy) is 3. The number of methoxy groups -OCH3 is 1. The molecular weight excluding hydrogens is 579 g/mol. The van der Waals surface area contributed by atoms with Crippen molar-refractivity contribution < 1.29 is 37.4 Å². The van der Waals surface area contributed by atoms with Crippen LogP contribution in [0.3, 0.4) is 0 Å². The third-order valence-corrected chi connectivity index (χ3v) is 8.53. The lowest BCUT2D eigenvalue weighted by atomic mass is 10.0. The number of anilines is 1. The van der Waals surface area contributed by atoms with Crippen LogP contribution in [0.1, 0.15) is 57.9 Å². The summed E-state index contributed by atoms with van der Waals surface area (Å²) in [4.78, 5) is 28.2. The summed E-state index contributed by atoms with van der Waals surface area (Å²) in [6.07, 6.45) is 2.28. The number of nitrogens with two attached hydrogens (primary N) is 2. The van der Waals surface area contributed by atoms with Gasteiger partial charge in [0.15, 0.2) is 5.82 Å². The van der Waals surface area contributed by atoms with E-state index in [-0.39, 0.29) is 31.0 Å². The van der Waals surface area contributed by atoms with Crippen molar-refractivity contribution in [3.63, 3.8) is 0 Å². The first-order valence-electron chi connectivity index (χ1n) is 13.9. The Balaban J connectivity index is 1.45. The van der Waals surface area contributed by atoms with E-state index in [1.165, 1.54) is 20.4 Å². The number of nitrogens with zero attached hydrogens (tertiary/aromatic N) is 3. The van der Waals surface area contributed by atoms with Crippen LogP contribution >= 0.6 is 7.75 Å². The normalized spacial score (nSPS) is 21.3. The molecule has 1 unspecified atom stereocenters. The highest BCUT2D eigenvalue weighted by molar-refractivity contribution is 7.52. The smallest absolute Gasteiger partial charge is 0.459 e. The number of nitrogen functional groups attached to an aromatic ring is 1. The summed E-state index contributed by atoms with van der Waals surface area (Å²) in [6.45, 7) is 6.73. The van der Waals surface area contributed by atoms with E-state index in [9.17, 15) is 14.2 Å². The van der Waals surface area contributed by atoms with E-state index >= 15 is 0 Å². The number of aromatic nitrogens is 3. The number of esters is 2. The number of carbonyl (C=O) groups is 2. The van der Waals surface area contributed by atoms with Crippen LogP contribution in [0.5, 0.6) is 5.75 Å². The fraction of sp³-hybridized carbons (Fsp3) is 0.500. The molecule has 1 saturated heterocycles. The Morgan fingerprint density at radius 3 is 2.58 bits per heavy atom. The Morgan fingerprint density at radius 2 is 1.91 bits per heavy atom. The maximum atomic E-state index is 14.0. The predicted molar refractivity (Wildman–Crippen MR) is 157 cm³/mol. The standard InChI is InChI=1S/C28H39N6O8P/c1-17(2)40-27(36)21(29)14-19-6-8-20(9-7-19)42-43(37,33-18(3)26(35)38-5)39-15-28(4)13-12-24(41-28)22-10-11-23-25(30)31-16-32-34(22)23/h6-11,16-18,21,24H,12-15,29H2,1-5H3,(H,33,37)(H2,30,31,32)/t18-,21-,24+,28-,43?/m0/s1. The third kappa shape index (κ3) is 8.09. The Labute approximate surface area is 249 Å². The van der Waals surface area contributed by atoms with Gasteiger partial charge in [0.05, 0.1) is 31.1 Å². The van der Waals surface area contributed by atoms with Crippen LogP contribution in [0.2, 0.25) is 0 Å². The highest BCUT2D eigenvalue weighted by Gasteiger charge is 2.42. The molecule has 5 N–H and O–H groups in total. The molecule has 1 aliphatic rings. The Bertz CT molecular complexity index is 1480. The van der Waals surface area contributed by atoms with Crippen LogP contribution in [0.25, 0.3) is 5.52 Å². The van der Waals surface area contributed by atoms with Crippen LogP contribution in [0, 0.1) is 0 Å². The molecule has 3 aromatic rings. The lowest BCUT2D eigenvalue weighted by Gasteiger charge is -2.28. The Kier molecular flexibility index (Phi) is 10.1. The molecule has 14 nitrogen and oxygen atoms in total. The third-order valence-electron chi connectivity index (χ3n) is 6.91. The van der Waals surface area contributed by atoms with E-state index in [0.29, 0.717) is 24.2 Å². The van der Waals surface area contributed by atoms with Gasteiger partial charge < -0.3 is 30.2 Å². The van der Waals surface area contributed by atoms with Gasteiger partial charge in [0.25, 0.3) is 0 Å². The van der Waals surface area contributed by atoms with E-state index in [1.807, 2.05) is 19.1 Å². The SMILES string of the molecule is COC(=O)[C@H](C)NP(=O)(OC[C@]1(C)CC[C@H](c2ccc3c(N)ncnn23)O1)Oc1ccc(C[C@H](N)C(=O)OC(C)C)cc1. The molecule has 0 spiro atoms. The average molecular weight is 619 g/mol. The number of hydrogen-bond acceptors (Lipinski definition) is 12. The summed E-state index contributed by atoms with van der Waals surface area (Å²) in [5.41, 5.74) is 13.3. The maximum absolute atomic E-state index is 14.0. The van der Waals surface area contributed by atoms with E-state index in [1.54, 1.807) is 42.6 Å². The summed E-state index contributed by atoms with van der Waals surface area (Å²) in [6, 6.07) is 8.41. The second kappa shape index (κ2) is 13.4. The van der Waals surface area contributed by atoms with Gasteiger partial charge in [-0.1, -0.05) is 12.1 Å². The van der Waals surface area contributed by atoms with E-state index in [0.717, 1.165) is 11.3 Å². The van der Waals surface area contributed by atoms with Gasteiger partial charge in [-0.05, 0) is 76.8 Å². The molecule has 0 bridgehead atoms. The molecule has 3 heterocycles. The van der Waals surface area contributed by atoms with Gasteiger partial charge in [-0.25, -0.2) is 14.1 Å². The Hall–Kier alpha value is -3.55. The maximum Gasteiger partial charge on any atom is 0.459 e. The lowest BCUT2D eigenvalue weighted by molar-refractivity contribution is -0.149. The summed E-state index contributed by atoms with van der Waals surface area (Å²) in [5.74, 6) is -0.572. The van der Waals surface area contributed by atoms with Gasteiger partial charge in [-0.2, -0.15) is 10.2 Å². The minimum atomic E-state index is -4.13. The van der Waals surface area contributed by atoms with E-state index < -0.39 is 37.4 Å². The highest BCUT2D eigenvalue weighted by Crippen LogP contribution is 2.48. The molecule has 4 rings (SSSR count). The van der Waals surface area contributed by atoms with E-state index in [4.69, 9.17) is 34.7 Å². The number of fused-ring (bicyclic) bond motifs is 1. The zero-order chi connectivity index (χ0) is 31.4. The monoisotopic (exact) mass is 618 g/mol. The predicted octanol–water partition coefficient (Wildman–Crippen LogP) is 3.10. The fourth-order valence-corrected chi connectivity index (χ4v) is 6.29. The molecular formula is C28H39N6O8P. The molecule has 0 amide bonds. The molecule has 1 fully saturated rings. The second-order valence-corrected chi connectivity index (χ2v) is 12.7. The molecule has 43 heavy (non-hydrogen) atoms. The first-order valence-corrected chi connectivity index (χ1v) is 15.5. The van der Waals surface area contributed by atoms with E-state index in [2.05, 4.69) is 15.2 Å². The zero-order valence-corrected chi connectivity index (χ0v) is 25.8. The van der Waals surface area contributed by atoms with Crippen molar-refractivity contribution in [2.45, 2.75) is 76.9 Å². The van der Waals surface area contributed by atoms with Gasteiger partial charge in [-0.15, -0.1) is 0 Å². The molecule has 0 aliphatic carbocycles. The number of rotatable bonds is 13. The molecule has 234 valence electrons. The summed E-state index contributed by atoms with van der Waals surface area (Å²) >= 11 is 0. The van der Waals surface area contributed by atoms with Crippen molar-refractivity contribution in [2.24, 2.45) is 5.73 Å². The van der Waals surface area contributed by atoms with Gasteiger partial charge in [0, 0.05) is 0 Å². The Morgan fingerprint density at radius 1 is 1.19 bits per heavy atom. The first kappa shape index (κ1) is 32.4. The topological polar surface area (TPSA) is 192 Å². The van der Waals surface area contributed by atoms with Crippen molar-refractivity contribution in [1.29, 1.82) is 0 Å². The first-order chi connectivity index (χ1) is 20.3. The van der Waals surface area contributed by atoms with Gasteiger partial charge in [0.1, 0.15) is 35.8 Å². The summed E-state index contributed by atoms with van der Waals surface area (Å²) < 4.78 is 43.6. The van der Waals surface area contributed by atoms with Crippen molar-refractivity contribution in [2.75, 3.05) is 19.5 Å². The van der Waals surface area contributed by atoms with Crippen molar-refractivity contribution >= 4 is 31.0 Å². The minimum Gasteiger partial charge on any atom is -0.468 e. The van der Waals surface area contributed by atoms with Crippen LogP contribution in [-0.2, 0) is 39.3 Å². The van der Waals surface area contributed by atoms with Crippen LogP contribution in [-0.4, -0.2) is 64.0 Å². The van der Waals surface area contributed by atoms with Gasteiger partial charge in [-0.3, -0.25) is 14.1 Å². The molecule has 15 heteroatoms. The average Bonchev–Trinajstić information content (AvgIpc) is 3.57.